The predicted octanol–water partition coefficient (Wildman–Crippen LogP) is 2.69. The van der Waals surface area contributed by atoms with Crippen molar-refractivity contribution in [1.82, 2.24) is 4.90 Å². The van der Waals surface area contributed by atoms with Crippen LogP contribution in [-0.2, 0) is 6.61 Å². The molecule has 3 rings (SSSR count). The Morgan fingerprint density at radius 1 is 1.15 bits per heavy atom. The molecular weight excluding hydrogens is 346 g/mol. The van der Waals surface area contributed by atoms with Gasteiger partial charge in [-0.25, -0.2) is 0 Å². The lowest BCUT2D eigenvalue weighted by molar-refractivity contribution is -0.127. The second-order valence-electron chi connectivity index (χ2n) is 7.59. The van der Waals surface area contributed by atoms with Gasteiger partial charge in [0.25, 0.3) is 0 Å². The molecule has 2 N–H and O–H groups in total. The van der Waals surface area contributed by atoms with E-state index in [0.717, 1.165) is 31.5 Å². The van der Waals surface area contributed by atoms with Crippen LogP contribution in [0.25, 0.3) is 0 Å². The number of hydrogen-bond acceptors (Lipinski definition) is 6. The Balaban J connectivity index is 1.84. The van der Waals surface area contributed by atoms with Crippen LogP contribution in [0.15, 0.2) is 51.9 Å². The zero-order valence-corrected chi connectivity index (χ0v) is 15.8. The Morgan fingerprint density at radius 3 is 2.48 bits per heavy atom. The van der Waals surface area contributed by atoms with Gasteiger partial charge in [-0.2, -0.15) is 0 Å². The van der Waals surface area contributed by atoms with Gasteiger partial charge in [0.15, 0.2) is 5.76 Å². The highest BCUT2D eigenvalue weighted by Crippen LogP contribution is 2.41. The molecule has 1 aromatic carbocycles. The van der Waals surface area contributed by atoms with Crippen molar-refractivity contribution in [1.29, 1.82) is 0 Å². The first-order chi connectivity index (χ1) is 12.9. The molecule has 6 heteroatoms. The summed E-state index contributed by atoms with van der Waals surface area (Å²) in [6.07, 6.45) is 1.23. The van der Waals surface area contributed by atoms with E-state index in [-0.39, 0.29) is 23.5 Å². The summed E-state index contributed by atoms with van der Waals surface area (Å²) in [5.74, 6) is 0.0252. The lowest BCUT2D eigenvalue weighted by Crippen LogP contribution is -2.47. The van der Waals surface area contributed by atoms with Gasteiger partial charge in [0.05, 0.1) is 6.26 Å². The Morgan fingerprint density at radius 2 is 1.81 bits per heavy atom. The van der Waals surface area contributed by atoms with Crippen molar-refractivity contribution in [2.75, 3.05) is 13.1 Å². The fraction of sp³-hybridized carbons (Fsp3) is 0.476. The van der Waals surface area contributed by atoms with Crippen molar-refractivity contribution < 1.29 is 19.4 Å². The standard InChI is InChI=1S/C21H27NO5/c1-21(2,20(25)22-11-6-7-12-22)19(24)18-17(16(23)10-13-26-18)27-14-15-8-4-3-5-9-15/h3-5,8-10,13,19-20,24-25H,6-7,11-12,14H2,1-2H3. The van der Waals surface area contributed by atoms with Gasteiger partial charge in [0.2, 0.25) is 11.2 Å². The topological polar surface area (TPSA) is 83.1 Å². The summed E-state index contributed by atoms with van der Waals surface area (Å²) >= 11 is 0. The Kier molecular flexibility index (Phi) is 5.99. The third-order valence-corrected chi connectivity index (χ3v) is 5.19. The number of nitrogens with zero attached hydrogens (tertiary/aromatic N) is 1. The fourth-order valence-corrected chi connectivity index (χ4v) is 3.42. The summed E-state index contributed by atoms with van der Waals surface area (Å²) in [6.45, 7) is 5.27. The molecule has 146 valence electrons. The fourth-order valence-electron chi connectivity index (χ4n) is 3.42. The number of rotatable bonds is 7. The van der Waals surface area contributed by atoms with Gasteiger partial charge in [-0.15, -0.1) is 0 Å². The van der Waals surface area contributed by atoms with E-state index in [4.69, 9.17) is 9.15 Å². The van der Waals surface area contributed by atoms with Crippen molar-refractivity contribution in [3.05, 3.63) is 64.2 Å². The maximum Gasteiger partial charge on any atom is 0.227 e. The summed E-state index contributed by atoms with van der Waals surface area (Å²) in [5, 5.41) is 21.8. The molecule has 1 aliphatic rings. The molecule has 1 aliphatic heterocycles. The zero-order valence-electron chi connectivity index (χ0n) is 15.8. The van der Waals surface area contributed by atoms with Crippen LogP contribution in [-0.4, -0.2) is 34.4 Å². The summed E-state index contributed by atoms with van der Waals surface area (Å²) in [6, 6.07) is 10.7. The van der Waals surface area contributed by atoms with Crippen molar-refractivity contribution in [2.45, 2.75) is 45.6 Å². The van der Waals surface area contributed by atoms with Crippen LogP contribution in [0, 0.1) is 5.41 Å². The molecule has 0 bridgehead atoms. The molecule has 0 aliphatic carbocycles. The number of aliphatic hydroxyl groups excluding tert-OH is 2. The lowest BCUT2D eigenvalue weighted by Gasteiger charge is -2.39. The quantitative estimate of drug-likeness (QED) is 0.776. The molecule has 0 radical (unpaired) electrons. The SMILES string of the molecule is CC(C)(C(O)c1occc(=O)c1OCc1ccccc1)C(O)N1CCCC1. The normalized spacial score (nSPS) is 17.6. The average molecular weight is 373 g/mol. The van der Waals surface area contributed by atoms with E-state index in [1.54, 1.807) is 13.8 Å². The van der Waals surface area contributed by atoms with Crippen molar-refractivity contribution in [2.24, 2.45) is 5.41 Å². The van der Waals surface area contributed by atoms with E-state index < -0.39 is 17.7 Å². The van der Waals surface area contributed by atoms with Gasteiger partial charge in [0, 0.05) is 24.6 Å². The van der Waals surface area contributed by atoms with Gasteiger partial charge >= 0.3 is 0 Å². The first-order valence-electron chi connectivity index (χ1n) is 9.30. The molecule has 2 heterocycles. The smallest absolute Gasteiger partial charge is 0.227 e. The molecule has 2 aromatic rings. The number of likely N-dealkylation sites (tertiary alicyclic amines) is 1. The maximum absolute atomic E-state index is 12.3. The van der Waals surface area contributed by atoms with Gasteiger partial charge in [0.1, 0.15) is 18.9 Å². The predicted molar refractivity (Wildman–Crippen MR) is 101 cm³/mol. The van der Waals surface area contributed by atoms with Gasteiger partial charge < -0.3 is 19.4 Å². The Hall–Kier alpha value is -2.15. The minimum atomic E-state index is -1.20. The monoisotopic (exact) mass is 373 g/mol. The highest BCUT2D eigenvalue weighted by Gasteiger charge is 2.43. The lowest BCUT2D eigenvalue weighted by atomic mass is 9.82. The number of aliphatic hydroxyl groups is 2. The maximum atomic E-state index is 12.3. The summed E-state index contributed by atoms with van der Waals surface area (Å²) < 4.78 is 11.2. The first kappa shape index (κ1) is 19.6. The van der Waals surface area contributed by atoms with Crippen LogP contribution < -0.4 is 10.2 Å². The molecular formula is C21H27NO5. The summed E-state index contributed by atoms with van der Waals surface area (Å²) in [4.78, 5) is 14.3. The van der Waals surface area contributed by atoms with Crippen LogP contribution in [0.4, 0.5) is 0 Å². The number of ether oxygens (including phenoxy) is 1. The number of benzene rings is 1. The van der Waals surface area contributed by atoms with E-state index in [1.807, 2.05) is 35.2 Å². The van der Waals surface area contributed by atoms with E-state index in [9.17, 15) is 15.0 Å². The first-order valence-corrected chi connectivity index (χ1v) is 9.30. The minimum absolute atomic E-state index is 0.0180. The molecule has 1 aromatic heterocycles. The summed E-state index contributed by atoms with van der Waals surface area (Å²) in [7, 11) is 0. The van der Waals surface area contributed by atoms with Crippen molar-refractivity contribution in [3.63, 3.8) is 0 Å². The molecule has 1 fully saturated rings. The van der Waals surface area contributed by atoms with Gasteiger partial charge in [-0.3, -0.25) is 9.69 Å². The molecule has 0 amide bonds. The number of hydrogen-bond donors (Lipinski definition) is 2. The molecule has 6 nitrogen and oxygen atoms in total. The average Bonchev–Trinajstić information content (AvgIpc) is 3.21. The van der Waals surface area contributed by atoms with E-state index in [1.165, 1.54) is 12.3 Å². The van der Waals surface area contributed by atoms with Crippen LogP contribution in [0.2, 0.25) is 0 Å². The molecule has 27 heavy (non-hydrogen) atoms. The molecule has 2 unspecified atom stereocenters. The molecule has 0 saturated carbocycles. The van der Waals surface area contributed by atoms with Crippen LogP contribution in [0.3, 0.4) is 0 Å². The third kappa shape index (κ3) is 4.24. The Labute approximate surface area is 159 Å². The van der Waals surface area contributed by atoms with Crippen LogP contribution >= 0.6 is 0 Å². The van der Waals surface area contributed by atoms with Crippen LogP contribution in [0.1, 0.15) is 44.1 Å². The second kappa shape index (κ2) is 8.25. The minimum Gasteiger partial charge on any atom is -0.482 e. The van der Waals surface area contributed by atoms with Gasteiger partial charge in [-0.1, -0.05) is 44.2 Å². The van der Waals surface area contributed by atoms with Crippen molar-refractivity contribution >= 4 is 0 Å². The largest absolute Gasteiger partial charge is 0.482 e. The van der Waals surface area contributed by atoms with E-state index in [2.05, 4.69) is 0 Å². The molecule has 1 saturated heterocycles. The molecule has 0 spiro atoms. The highest BCUT2D eigenvalue weighted by molar-refractivity contribution is 5.28. The van der Waals surface area contributed by atoms with Crippen LogP contribution in [0.5, 0.6) is 5.75 Å². The zero-order chi connectivity index (χ0) is 19.4. The van der Waals surface area contributed by atoms with E-state index in [0.29, 0.717) is 0 Å². The molecule has 2 atom stereocenters. The van der Waals surface area contributed by atoms with Gasteiger partial charge in [-0.05, 0) is 18.4 Å². The highest BCUT2D eigenvalue weighted by atomic mass is 16.5. The summed E-state index contributed by atoms with van der Waals surface area (Å²) in [5.41, 5.74) is -0.415. The Bertz CT molecular complexity index is 796. The second-order valence-corrected chi connectivity index (χ2v) is 7.59. The third-order valence-electron chi connectivity index (χ3n) is 5.19. The van der Waals surface area contributed by atoms with E-state index >= 15 is 0 Å². The van der Waals surface area contributed by atoms with Crippen molar-refractivity contribution in [3.8, 4) is 5.75 Å².